The van der Waals surface area contributed by atoms with Gasteiger partial charge in [-0.25, -0.2) is 8.42 Å². The Morgan fingerprint density at radius 3 is 2.27 bits per heavy atom. The fourth-order valence-electron chi connectivity index (χ4n) is 1.32. The number of aryl methyl sites for hydroxylation is 1. The van der Waals surface area contributed by atoms with Gasteiger partial charge in [0.1, 0.15) is 5.75 Å². The van der Waals surface area contributed by atoms with Gasteiger partial charge in [-0.15, -0.1) is 0 Å². The van der Waals surface area contributed by atoms with E-state index in [1.807, 2.05) is 0 Å². The first-order valence-electron chi connectivity index (χ1n) is 4.07. The van der Waals surface area contributed by atoms with Gasteiger partial charge >= 0.3 is 0 Å². The van der Waals surface area contributed by atoms with Crippen LogP contribution in [0.4, 0.5) is 0 Å². The van der Waals surface area contributed by atoms with Crippen LogP contribution in [0.5, 0.6) is 5.75 Å². The van der Waals surface area contributed by atoms with Gasteiger partial charge in [0.2, 0.25) is 0 Å². The Kier molecular flexibility index (Phi) is 3.53. The zero-order chi connectivity index (χ0) is 11.8. The molecule has 0 saturated carbocycles. The minimum absolute atomic E-state index is 0.0305. The number of halogens is 2. The van der Waals surface area contributed by atoms with Gasteiger partial charge in [0.15, 0.2) is 0 Å². The maximum atomic E-state index is 11.3. The molecule has 0 amide bonds. The zero-order valence-electron chi connectivity index (χ0n) is 8.47. The molecular weight excluding hydrogens is 259 g/mol. The van der Waals surface area contributed by atoms with Gasteiger partial charge in [0.25, 0.3) is 9.05 Å². The first-order valence-corrected chi connectivity index (χ1v) is 6.76. The van der Waals surface area contributed by atoms with Crippen LogP contribution in [0, 0.1) is 13.8 Å². The first-order chi connectivity index (χ1) is 6.79. The van der Waals surface area contributed by atoms with E-state index in [2.05, 4.69) is 0 Å². The molecule has 0 N–H and O–H groups in total. The van der Waals surface area contributed by atoms with Crippen molar-refractivity contribution in [2.24, 2.45) is 0 Å². The summed E-state index contributed by atoms with van der Waals surface area (Å²) >= 11 is 5.96. The van der Waals surface area contributed by atoms with Crippen molar-refractivity contribution in [3.63, 3.8) is 0 Å². The van der Waals surface area contributed by atoms with Crippen molar-refractivity contribution in [3.8, 4) is 5.75 Å². The van der Waals surface area contributed by atoms with Crippen molar-refractivity contribution in [1.82, 2.24) is 0 Å². The average molecular weight is 269 g/mol. The van der Waals surface area contributed by atoms with Crippen LogP contribution in [-0.4, -0.2) is 15.5 Å². The van der Waals surface area contributed by atoms with E-state index in [1.165, 1.54) is 13.2 Å². The van der Waals surface area contributed by atoms with Gasteiger partial charge in [-0.1, -0.05) is 11.6 Å². The molecule has 0 aromatic heterocycles. The summed E-state index contributed by atoms with van der Waals surface area (Å²) in [5.74, 6) is 0.343. The van der Waals surface area contributed by atoms with Crippen molar-refractivity contribution in [1.29, 1.82) is 0 Å². The Hall–Kier alpha value is -0.450. The highest BCUT2D eigenvalue weighted by molar-refractivity contribution is 8.13. The molecule has 0 spiro atoms. The van der Waals surface area contributed by atoms with Crippen LogP contribution in [0.25, 0.3) is 0 Å². The average Bonchev–Trinajstić information content (AvgIpc) is 2.10. The van der Waals surface area contributed by atoms with Gasteiger partial charge in [0, 0.05) is 16.2 Å². The summed E-state index contributed by atoms with van der Waals surface area (Å²) in [6.45, 7) is 3.29. The van der Waals surface area contributed by atoms with Gasteiger partial charge in [-0.05, 0) is 25.5 Å². The van der Waals surface area contributed by atoms with E-state index in [4.69, 9.17) is 27.0 Å². The summed E-state index contributed by atoms with van der Waals surface area (Å²) < 4.78 is 27.5. The number of methoxy groups -OCH3 is 1. The smallest absolute Gasteiger partial charge is 0.261 e. The van der Waals surface area contributed by atoms with Crippen LogP contribution in [-0.2, 0) is 9.05 Å². The molecule has 0 aliphatic carbocycles. The molecule has 0 bridgehead atoms. The van der Waals surface area contributed by atoms with Crippen LogP contribution < -0.4 is 4.74 Å². The Morgan fingerprint density at radius 2 is 1.87 bits per heavy atom. The minimum atomic E-state index is -3.77. The molecule has 0 radical (unpaired) electrons. The van der Waals surface area contributed by atoms with E-state index < -0.39 is 9.05 Å². The number of benzene rings is 1. The highest BCUT2D eigenvalue weighted by Gasteiger charge is 2.20. The van der Waals surface area contributed by atoms with E-state index >= 15 is 0 Å². The van der Waals surface area contributed by atoms with Crippen molar-refractivity contribution in [2.45, 2.75) is 18.7 Å². The molecule has 0 heterocycles. The van der Waals surface area contributed by atoms with E-state index in [0.29, 0.717) is 21.9 Å². The molecule has 15 heavy (non-hydrogen) atoms. The summed E-state index contributed by atoms with van der Waals surface area (Å²) in [4.78, 5) is 0.0305. The van der Waals surface area contributed by atoms with Crippen LogP contribution in [0.3, 0.4) is 0 Å². The zero-order valence-corrected chi connectivity index (χ0v) is 10.8. The SMILES string of the molecule is COc1c(C)c(S(=O)(=O)Cl)cc(C)c1Cl. The molecule has 0 unspecified atom stereocenters. The predicted octanol–water partition coefficient (Wildman–Crippen LogP) is 2.89. The molecule has 3 nitrogen and oxygen atoms in total. The van der Waals surface area contributed by atoms with Crippen molar-refractivity contribution in [2.75, 3.05) is 7.11 Å². The van der Waals surface area contributed by atoms with Crippen molar-refractivity contribution < 1.29 is 13.2 Å². The van der Waals surface area contributed by atoms with Crippen LogP contribution in [0.2, 0.25) is 5.02 Å². The van der Waals surface area contributed by atoms with E-state index in [1.54, 1.807) is 13.8 Å². The molecule has 0 fully saturated rings. The molecule has 84 valence electrons. The van der Waals surface area contributed by atoms with E-state index in [0.717, 1.165) is 0 Å². The maximum absolute atomic E-state index is 11.3. The van der Waals surface area contributed by atoms with Crippen molar-refractivity contribution in [3.05, 3.63) is 22.2 Å². The number of hydrogen-bond donors (Lipinski definition) is 0. The largest absolute Gasteiger partial charge is 0.495 e. The lowest BCUT2D eigenvalue weighted by Crippen LogP contribution is -2.00. The Bertz CT molecular complexity index is 495. The monoisotopic (exact) mass is 268 g/mol. The van der Waals surface area contributed by atoms with Crippen molar-refractivity contribution >= 4 is 31.3 Å². The van der Waals surface area contributed by atoms with E-state index in [-0.39, 0.29) is 4.90 Å². The summed E-state index contributed by atoms with van der Waals surface area (Å²) in [5, 5.41) is 0.402. The summed E-state index contributed by atoms with van der Waals surface area (Å²) in [7, 11) is 2.95. The summed E-state index contributed by atoms with van der Waals surface area (Å²) in [6.07, 6.45) is 0. The lowest BCUT2D eigenvalue weighted by molar-refractivity contribution is 0.410. The minimum Gasteiger partial charge on any atom is -0.495 e. The second-order valence-corrected chi connectivity index (χ2v) is 6.01. The van der Waals surface area contributed by atoms with Gasteiger partial charge in [0.05, 0.1) is 17.0 Å². The third-order valence-electron chi connectivity index (χ3n) is 2.07. The fourth-order valence-corrected chi connectivity index (χ4v) is 2.85. The Balaban J connectivity index is 3.66. The van der Waals surface area contributed by atoms with Gasteiger partial charge in [-0.2, -0.15) is 0 Å². The molecular formula is C9H10Cl2O3S. The third-order valence-corrected chi connectivity index (χ3v) is 3.99. The molecule has 1 rings (SSSR count). The maximum Gasteiger partial charge on any atom is 0.261 e. The molecule has 0 saturated heterocycles. The lowest BCUT2D eigenvalue weighted by Gasteiger charge is -2.12. The molecule has 6 heteroatoms. The second kappa shape index (κ2) is 4.20. The molecule has 1 aromatic rings. The molecule has 1 aromatic carbocycles. The van der Waals surface area contributed by atoms with Crippen LogP contribution >= 0.6 is 22.3 Å². The first kappa shape index (κ1) is 12.6. The van der Waals surface area contributed by atoms with Gasteiger partial charge < -0.3 is 4.74 Å². The number of rotatable bonds is 2. The topological polar surface area (TPSA) is 43.4 Å². The lowest BCUT2D eigenvalue weighted by atomic mass is 10.1. The highest BCUT2D eigenvalue weighted by atomic mass is 35.7. The molecule has 0 aliphatic rings. The predicted molar refractivity (Wildman–Crippen MR) is 60.5 cm³/mol. The second-order valence-electron chi connectivity index (χ2n) is 3.10. The van der Waals surface area contributed by atoms with Gasteiger partial charge in [-0.3, -0.25) is 0 Å². The normalized spacial score (nSPS) is 11.5. The quantitative estimate of drug-likeness (QED) is 0.775. The fraction of sp³-hybridized carbons (Fsp3) is 0.333. The number of hydrogen-bond acceptors (Lipinski definition) is 3. The van der Waals surface area contributed by atoms with E-state index in [9.17, 15) is 8.42 Å². The molecule has 0 aliphatic heterocycles. The Labute approximate surface area is 98.4 Å². The molecule has 0 atom stereocenters. The summed E-state index contributed by atoms with van der Waals surface area (Å²) in [6, 6.07) is 1.43. The van der Waals surface area contributed by atoms with Crippen LogP contribution in [0.15, 0.2) is 11.0 Å². The summed E-state index contributed by atoms with van der Waals surface area (Å²) in [5.41, 5.74) is 1.03. The standard InChI is InChI=1S/C9H10Cl2O3S/c1-5-4-7(15(11,12)13)6(2)9(14-3)8(5)10/h4H,1-3H3. The number of ether oxygens (including phenoxy) is 1. The van der Waals surface area contributed by atoms with Crippen LogP contribution in [0.1, 0.15) is 11.1 Å². The third kappa shape index (κ3) is 2.38. The highest BCUT2D eigenvalue weighted by Crippen LogP contribution is 2.36. The Morgan fingerprint density at radius 1 is 1.33 bits per heavy atom.